The van der Waals surface area contributed by atoms with Crippen molar-refractivity contribution in [3.63, 3.8) is 0 Å². The summed E-state index contributed by atoms with van der Waals surface area (Å²) in [6, 6.07) is 6.69. The molecule has 0 saturated carbocycles. The van der Waals surface area contributed by atoms with Gasteiger partial charge < -0.3 is 10.2 Å². The van der Waals surface area contributed by atoms with Gasteiger partial charge in [-0.05, 0) is 25.0 Å². The molecule has 1 saturated heterocycles. The van der Waals surface area contributed by atoms with Crippen LogP contribution in [-0.2, 0) is 13.5 Å². The van der Waals surface area contributed by atoms with E-state index >= 15 is 0 Å². The minimum atomic E-state index is 0.591. The highest BCUT2D eigenvalue weighted by molar-refractivity contribution is 5.38. The van der Waals surface area contributed by atoms with Crippen LogP contribution in [0.4, 0.5) is 5.82 Å². The quantitative estimate of drug-likeness (QED) is 0.889. The van der Waals surface area contributed by atoms with Crippen LogP contribution in [0, 0.1) is 0 Å². The van der Waals surface area contributed by atoms with E-state index in [1.54, 1.807) is 11.0 Å². The van der Waals surface area contributed by atoms with Crippen molar-refractivity contribution >= 4 is 5.82 Å². The fourth-order valence-corrected chi connectivity index (χ4v) is 2.74. The molecular weight excluding hydrogens is 264 g/mol. The van der Waals surface area contributed by atoms with Crippen molar-refractivity contribution in [2.75, 3.05) is 24.5 Å². The third kappa shape index (κ3) is 3.78. The number of nitrogens with one attached hydrogen (secondary N) is 1. The Morgan fingerprint density at radius 1 is 1.24 bits per heavy atom. The number of aryl methyl sites for hydroxylation is 1. The van der Waals surface area contributed by atoms with Gasteiger partial charge in [0.25, 0.3) is 0 Å². The summed E-state index contributed by atoms with van der Waals surface area (Å²) in [4.78, 5) is 11.0. The van der Waals surface area contributed by atoms with Gasteiger partial charge in [-0.1, -0.05) is 6.07 Å². The fraction of sp³-hybridized carbons (Fsp3) is 0.533. The van der Waals surface area contributed by atoms with Gasteiger partial charge in [-0.2, -0.15) is 5.10 Å². The lowest BCUT2D eigenvalue weighted by Crippen LogP contribution is -2.43. The summed E-state index contributed by atoms with van der Waals surface area (Å²) in [5.41, 5.74) is 0. The molecule has 1 N–H and O–H groups in total. The molecule has 2 aromatic rings. The summed E-state index contributed by atoms with van der Waals surface area (Å²) in [6.45, 7) is 3.07. The molecule has 0 aliphatic carbocycles. The van der Waals surface area contributed by atoms with Crippen LogP contribution in [0.2, 0.25) is 0 Å². The Morgan fingerprint density at radius 3 is 2.76 bits per heavy atom. The maximum absolute atomic E-state index is 4.42. The molecule has 0 aromatic carbocycles. The summed E-state index contributed by atoms with van der Waals surface area (Å²) in [5.74, 6) is 2.00. The maximum Gasteiger partial charge on any atom is 0.151 e. The molecule has 1 aliphatic heterocycles. The molecular formula is C15H22N6. The van der Waals surface area contributed by atoms with Gasteiger partial charge in [0.05, 0.1) is 0 Å². The molecule has 112 valence electrons. The maximum atomic E-state index is 4.42. The van der Waals surface area contributed by atoms with Gasteiger partial charge in [-0.3, -0.25) is 4.68 Å². The van der Waals surface area contributed by atoms with Gasteiger partial charge in [-0.15, -0.1) is 0 Å². The number of rotatable bonds is 5. The molecule has 3 heterocycles. The SMILES string of the molecule is Cn1cnc(CCNC2CCN(c3ccccn3)CC2)n1. The third-order valence-electron chi connectivity index (χ3n) is 3.90. The fourth-order valence-electron chi connectivity index (χ4n) is 2.74. The molecule has 6 heteroatoms. The second-order valence-electron chi connectivity index (χ2n) is 5.49. The Hall–Kier alpha value is -1.95. The van der Waals surface area contributed by atoms with Crippen LogP contribution >= 0.6 is 0 Å². The molecule has 1 fully saturated rings. The summed E-state index contributed by atoms with van der Waals surface area (Å²) >= 11 is 0. The first-order valence-electron chi connectivity index (χ1n) is 7.55. The molecule has 6 nitrogen and oxygen atoms in total. The molecule has 0 radical (unpaired) electrons. The van der Waals surface area contributed by atoms with Gasteiger partial charge >= 0.3 is 0 Å². The first-order chi connectivity index (χ1) is 10.3. The third-order valence-corrected chi connectivity index (χ3v) is 3.90. The van der Waals surface area contributed by atoms with Crippen LogP contribution in [-0.4, -0.2) is 45.4 Å². The molecule has 0 bridgehead atoms. The minimum Gasteiger partial charge on any atom is -0.357 e. The summed E-state index contributed by atoms with van der Waals surface area (Å²) in [7, 11) is 1.90. The highest BCUT2D eigenvalue weighted by Gasteiger charge is 2.19. The van der Waals surface area contributed by atoms with Crippen LogP contribution in [0.3, 0.4) is 0 Å². The Balaban J connectivity index is 1.40. The van der Waals surface area contributed by atoms with Crippen LogP contribution in [0.15, 0.2) is 30.7 Å². The monoisotopic (exact) mass is 286 g/mol. The molecule has 0 spiro atoms. The van der Waals surface area contributed by atoms with Crippen LogP contribution in [0.5, 0.6) is 0 Å². The number of nitrogens with zero attached hydrogens (tertiary/aromatic N) is 5. The van der Waals surface area contributed by atoms with Gasteiger partial charge in [0.15, 0.2) is 5.82 Å². The van der Waals surface area contributed by atoms with Gasteiger partial charge in [0.2, 0.25) is 0 Å². The number of anilines is 1. The standard InChI is InChI=1S/C15H22N6/c1-20-12-18-14(19-20)5-9-16-13-6-10-21(11-7-13)15-4-2-3-8-17-15/h2-4,8,12-13,16H,5-7,9-11H2,1H3. The normalized spacial score (nSPS) is 16.3. The Labute approximate surface area is 125 Å². The smallest absolute Gasteiger partial charge is 0.151 e. The molecule has 0 atom stereocenters. The van der Waals surface area contributed by atoms with Crippen LogP contribution in [0.25, 0.3) is 0 Å². The minimum absolute atomic E-state index is 0.591. The number of hydrogen-bond acceptors (Lipinski definition) is 5. The number of hydrogen-bond donors (Lipinski definition) is 1. The highest BCUT2D eigenvalue weighted by Crippen LogP contribution is 2.17. The predicted octanol–water partition coefficient (Wildman–Crippen LogP) is 1.01. The van der Waals surface area contributed by atoms with Crippen molar-refractivity contribution in [2.45, 2.75) is 25.3 Å². The van der Waals surface area contributed by atoms with Crippen molar-refractivity contribution in [3.8, 4) is 0 Å². The zero-order chi connectivity index (χ0) is 14.5. The summed E-state index contributed by atoms with van der Waals surface area (Å²) in [5, 5.41) is 7.91. The van der Waals surface area contributed by atoms with Gasteiger partial charge in [0.1, 0.15) is 12.1 Å². The van der Waals surface area contributed by atoms with Gasteiger partial charge in [0, 0.05) is 45.3 Å². The molecule has 1 aliphatic rings. The lowest BCUT2D eigenvalue weighted by atomic mass is 10.0. The lowest BCUT2D eigenvalue weighted by Gasteiger charge is -2.33. The average molecular weight is 286 g/mol. The first-order valence-corrected chi connectivity index (χ1v) is 7.55. The van der Waals surface area contributed by atoms with Gasteiger partial charge in [-0.25, -0.2) is 9.97 Å². The van der Waals surface area contributed by atoms with Crippen molar-refractivity contribution in [1.82, 2.24) is 25.1 Å². The van der Waals surface area contributed by atoms with E-state index in [0.717, 1.165) is 50.5 Å². The topological polar surface area (TPSA) is 58.9 Å². The van der Waals surface area contributed by atoms with Crippen molar-refractivity contribution in [3.05, 3.63) is 36.5 Å². The van der Waals surface area contributed by atoms with Crippen LogP contribution < -0.4 is 10.2 Å². The molecule has 0 unspecified atom stereocenters. The Morgan fingerprint density at radius 2 is 2.10 bits per heavy atom. The van der Waals surface area contributed by atoms with E-state index in [-0.39, 0.29) is 0 Å². The van der Waals surface area contributed by atoms with E-state index in [1.807, 2.05) is 25.4 Å². The molecule has 21 heavy (non-hydrogen) atoms. The number of piperidine rings is 1. The van der Waals surface area contributed by atoms with E-state index in [1.165, 1.54) is 0 Å². The van der Waals surface area contributed by atoms with Crippen molar-refractivity contribution in [2.24, 2.45) is 7.05 Å². The predicted molar refractivity (Wildman–Crippen MR) is 82.2 cm³/mol. The Bertz CT molecular complexity index is 544. The number of pyridine rings is 1. The van der Waals surface area contributed by atoms with E-state index in [2.05, 4.69) is 31.3 Å². The second-order valence-corrected chi connectivity index (χ2v) is 5.49. The molecule has 3 rings (SSSR count). The second kappa shape index (κ2) is 6.67. The van der Waals surface area contributed by atoms with E-state index in [4.69, 9.17) is 0 Å². The van der Waals surface area contributed by atoms with E-state index in [9.17, 15) is 0 Å². The largest absolute Gasteiger partial charge is 0.357 e. The van der Waals surface area contributed by atoms with Crippen LogP contribution in [0.1, 0.15) is 18.7 Å². The lowest BCUT2D eigenvalue weighted by molar-refractivity contribution is 0.415. The zero-order valence-corrected chi connectivity index (χ0v) is 12.4. The van der Waals surface area contributed by atoms with E-state index in [0.29, 0.717) is 6.04 Å². The average Bonchev–Trinajstić information content (AvgIpc) is 2.94. The number of aromatic nitrogens is 4. The molecule has 0 amide bonds. The zero-order valence-electron chi connectivity index (χ0n) is 12.4. The first kappa shape index (κ1) is 14.0. The molecule has 2 aromatic heterocycles. The van der Waals surface area contributed by atoms with Crippen molar-refractivity contribution < 1.29 is 0 Å². The van der Waals surface area contributed by atoms with E-state index < -0.39 is 0 Å². The Kier molecular flexibility index (Phi) is 4.45. The van der Waals surface area contributed by atoms with Crippen molar-refractivity contribution in [1.29, 1.82) is 0 Å². The summed E-state index contributed by atoms with van der Waals surface area (Å²) in [6.07, 6.45) is 6.82. The highest BCUT2D eigenvalue weighted by atomic mass is 15.3. The summed E-state index contributed by atoms with van der Waals surface area (Å²) < 4.78 is 1.75.